The smallest absolute Gasteiger partial charge is 0.0564 e. The lowest BCUT2D eigenvalue weighted by molar-refractivity contribution is -0.00976. The maximum Gasteiger partial charge on any atom is 0.0564 e. The van der Waals surface area contributed by atoms with Crippen molar-refractivity contribution in [1.29, 1.82) is 0 Å². The summed E-state index contributed by atoms with van der Waals surface area (Å²) in [6.45, 7) is 2.28. The molecule has 3 fully saturated rings. The second kappa shape index (κ2) is 4.06. The molecule has 3 rings (SSSR count). The van der Waals surface area contributed by atoms with Gasteiger partial charge in [0.1, 0.15) is 0 Å². The number of aliphatic hydroxyl groups is 1. The summed E-state index contributed by atoms with van der Waals surface area (Å²) >= 11 is 0. The fourth-order valence-electron chi connectivity index (χ4n) is 3.48. The van der Waals surface area contributed by atoms with E-state index in [0.717, 1.165) is 43.8 Å². The molecule has 0 aromatic carbocycles. The molecule has 2 saturated carbocycles. The van der Waals surface area contributed by atoms with Gasteiger partial charge in [0.05, 0.1) is 6.10 Å². The van der Waals surface area contributed by atoms with E-state index in [1.807, 2.05) is 0 Å². The summed E-state index contributed by atoms with van der Waals surface area (Å²) in [5.74, 6) is 2.16. The molecule has 2 nitrogen and oxygen atoms in total. The maximum absolute atomic E-state index is 9.46. The molecule has 1 N–H and O–H groups in total. The summed E-state index contributed by atoms with van der Waals surface area (Å²) in [6.07, 6.45) is 9.42. The summed E-state index contributed by atoms with van der Waals surface area (Å²) in [7, 11) is 0. The molecule has 0 aromatic heterocycles. The number of piperidine rings is 1. The Hall–Kier alpha value is -0.0800. The maximum atomic E-state index is 9.46. The lowest BCUT2D eigenvalue weighted by Gasteiger charge is -2.49. The second-order valence-electron chi connectivity index (χ2n) is 5.84. The average Bonchev–Trinajstić information content (AvgIpc) is 2.09. The molecule has 2 heteroatoms. The summed E-state index contributed by atoms with van der Waals surface area (Å²) in [5.41, 5.74) is 0. The molecule has 0 spiro atoms. The number of nitrogens with zero attached hydrogens (tertiary/aromatic N) is 1. The Morgan fingerprint density at radius 1 is 0.867 bits per heavy atom. The number of hydrogen-bond donors (Lipinski definition) is 1. The van der Waals surface area contributed by atoms with Gasteiger partial charge in [-0.3, -0.25) is 0 Å². The van der Waals surface area contributed by atoms with Crippen molar-refractivity contribution in [3.63, 3.8) is 0 Å². The Labute approximate surface area is 92.7 Å². The van der Waals surface area contributed by atoms with E-state index in [1.54, 1.807) is 0 Å². The highest BCUT2D eigenvalue weighted by Crippen LogP contribution is 2.45. The fraction of sp³-hybridized carbons (Fsp3) is 1.00. The van der Waals surface area contributed by atoms with Gasteiger partial charge in [0.15, 0.2) is 0 Å². The molecule has 0 unspecified atom stereocenters. The van der Waals surface area contributed by atoms with Crippen LogP contribution in [0.4, 0.5) is 0 Å². The van der Waals surface area contributed by atoms with E-state index in [4.69, 9.17) is 0 Å². The molecule has 1 heterocycles. The minimum absolute atomic E-state index is 0.0104. The number of rotatable bonds is 2. The molecule has 2 aliphatic carbocycles. The zero-order valence-corrected chi connectivity index (χ0v) is 9.57. The van der Waals surface area contributed by atoms with Crippen molar-refractivity contribution < 1.29 is 5.11 Å². The van der Waals surface area contributed by atoms with E-state index in [9.17, 15) is 5.11 Å². The van der Waals surface area contributed by atoms with Crippen molar-refractivity contribution in [3.8, 4) is 0 Å². The number of aliphatic hydroxyl groups excluding tert-OH is 1. The van der Waals surface area contributed by atoms with Crippen molar-refractivity contribution in [2.45, 2.75) is 57.1 Å². The molecule has 1 aliphatic heterocycles. The summed E-state index contributed by atoms with van der Waals surface area (Å²) < 4.78 is 0. The standard InChI is InChI=1S/C13H23NO/c15-13-4-6-14(7-5-13)12-8-11(9-12)10-2-1-3-10/h10-13,15H,1-9H2. The predicted molar refractivity (Wildman–Crippen MR) is 60.7 cm³/mol. The lowest BCUT2D eigenvalue weighted by atomic mass is 9.64. The largest absolute Gasteiger partial charge is 0.393 e. The Kier molecular flexibility index (Phi) is 2.73. The Balaban J connectivity index is 1.42. The van der Waals surface area contributed by atoms with Crippen LogP contribution in [0.15, 0.2) is 0 Å². The fourth-order valence-corrected chi connectivity index (χ4v) is 3.48. The minimum atomic E-state index is -0.0104. The van der Waals surface area contributed by atoms with Gasteiger partial charge in [0.25, 0.3) is 0 Å². The molecule has 0 radical (unpaired) electrons. The van der Waals surface area contributed by atoms with E-state index < -0.39 is 0 Å². The van der Waals surface area contributed by atoms with Crippen LogP contribution in [0, 0.1) is 11.8 Å². The average molecular weight is 209 g/mol. The van der Waals surface area contributed by atoms with Crippen LogP contribution < -0.4 is 0 Å². The topological polar surface area (TPSA) is 23.5 Å². The Morgan fingerprint density at radius 3 is 2.07 bits per heavy atom. The molecule has 1 saturated heterocycles. The van der Waals surface area contributed by atoms with Crippen LogP contribution in [0.2, 0.25) is 0 Å². The molecule has 0 bridgehead atoms. The molecule has 0 aromatic rings. The molecule has 15 heavy (non-hydrogen) atoms. The van der Waals surface area contributed by atoms with Gasteiger partial charge < -0.3 is 10.0 Å². The third-order valence-electron chi connectivity index (χ3n) is 4.98. The van der Waals surface area contributed by atoms with Crippen molar-refractivity contribution in [1.82, 2.24) is 4.90 Å². The van der Waals surface area contributed by atoms with Crippen molar-refractivity contribution in [3.05, 3.63) is 0 Å². The van der Waals surface area contributed by atoms with Crippen molar-refractivity contribution in [2.24, 2.45) is 11.8 Å². The molecular formula is C13H23NO. The second-order valence-corrected chi connectivity index (χ2v) is 5.84. The van der Waals surface area contributed by atoms with Crippen LogP contribution >= 0.6 is 0 Å². The van der Waals surface area contributed by atoms with Crippen molar-refractivity contribution in [2.75, 3.05) is 13.1 Å². The van der Waals surface area contributed by atoms with E-state index in [-0.39, 0.29) is 6.10 Å². The third-order valence-corrected chi connectivity index (χ3v) is 4.98. The van der Waals surface area contributed by atoms with Gasteiger partial charge in [-0.25, -0.2) is 0 Å². The first-order chi connectivity index (χ1) is 7.33. The first-order valence-corrected chi connectivity index (χ1v) is 6.75. The van der Waals surface area contributed by atoms with Crippen LogP contribution in [0.25, 0.3) is 0 Å². The van der Waals surface area contributed by atoms with E-state index >= 15 is 0 Å². The highest BCUT2D eigenvalue weighted by molar-refractivity contribution is 4.94. The number of likely N-dealkylation sites (tertiary alicyclic amines) is 1. The summed E-state index contributed by atoms with van der Waals surface area (Å²) in [5, 5.41) is 9.46. The highest BCUT2D eigenvalue weighted by atomic mass is 16.3. The Morgan fingerprint density at radius 2 is 1.53 bits per heavy atom. The minimum Gasteiger partial charge on any atom is -0.393 e. The van der Waals surface area contributed by atoms with Crippen LogP contribution in [-0.4, -0.2) is 35.2 Å². The van der Waals surface area contributed by atoms with E-state index in [0.29, 0.717) is 0 Å². The molecular weight excluding hydrogens is 186 g/mol. The first-order valence-electron chi connectivity index (χ1n) is 6.75. The summed E-state index contributed by atoms with van der Waals surface area (Å²) in [4.78, 5) is 2.63. The Bertz CT molecular complexity index is 213. The number of hydrogen-bond acceptors (Lipinski definition) is 2. The van der Waals surface area contributed by atoms with Gasteiger partial charge in [0, 0.05) is 19.1 Å². The quantitative estimate of drug-likeness (QED) is 0.752. The summed E-state index contributed by atoms with van der Waals surface area (Å²) in [6, 6.07) is 0.878. The molecule has 0 amide bonds. The first kappa shape index (κ1) is 10.1. The predicted octanol–water partition coefficient (Wildman–Crippen LogP) is 2.02. The lowest BCUT2D eigenvalue weighted by Crippen LogP contribution is -2.51. The van der Waals surface area contributed by atoms with Gasteiger partial charge in [-0.15, -0.1) is 0 Å². The van der Waals surface area contributed by atoms with Gasteiger partial charge in [-0.1, -0.05) is 19.3 Å². The normalized spacial score (nSPS) is 39.8. The molecule has 0 atom stereocenters. The zero-order valence-electron chi connectivity index (χ0n) is 9.57. The zero-order chi connectivity index (χ0) is 10.3. The van der Waals surface area contributed by atoms with E-state index in [2.05, 4.69) is 4.90 Å². The van der Waals surface area contributed by atoms with Crippen molar-refractivity contribution >= 4 is 0 Å². The van der Waals surface area contributed by atoms with Gasteiger partial charge in [0.2, 0.25) is 0 Å². The van der Waals surface area contributed by atoms with Gasteiger partial charge in [-0.05, 0) is 37.5 Å². The van der Waals surface area contributed by atoms with Crippen LogP contribution in [0.3, 0.4) is 0 Å². The van der Waals surface area contributed by atoms with Gasteiger partial charge in [-0.2, -0.15) is 0 Å². The third kappa shape index (κ3) is 1.94. The van der Waals surface area contributed by atoms with Gasteiger partial charge >= 0.3 is 0 Å². The monoisotopic (exact) mass is 209 g/mol. The van der Waals surface area contributed by atoms with Crippen LogP contribution in [-0.2, 0) is 0 Å². The molecule has 3 aliphatic rings. The SMILES string of the molecule is OC1CCN(C2CC(C3CCC3)C2)CC1. The highest BCUT2D eigenvalue weighted by Gasteiger charge is 2.40. The molecule has 86 valence electrons. The van der Waals surface area contributed by atoms with Crippen LogP contribution in [0.1, 0.15) is 44.9 Å². The van der Waals surface area contributed by atoms with E-state index in [1.165, 1.54) is 32.1 Å². The van der Waals surface area contributed by atoms with Crippen LogP contribution in [0.5, 0.6) is 0 Å².